The summed E-state index contributed by atoms with van der Waals surface area (Å²) in [5, 5.41) is 16.5. The maximum atomic E-state index is 14.3. The van der Waals surface area contributed by atoms with Gasteiger partial charge in [-0.1, -0.05) is 58.9 Å². The zero-order valence-corrected chi connectivity index (χ0v) is 25.5. The van der Waals surface area contributed by atoms with Gasteiger partial charge in [-0.05, 0) is 79.4 Å². The molecule has 1 saturated carbocycles. The van der Waals surface area contributed by atoms with Gasteiger partial charge in [0, 0.05) is 18.7 Å². The second-order valence-corrected chi connectivity index (χ2v) is 14.3. The maximum Gasteiger partial charge on any atom is 0.291 e. The van der Waals surface area contributed by atoms with E-state index in [4.69, 9.17) is 4.99 Å². The Hall–Kier alpha value is -3.30. The molecule has 1 aromatic carbocycles. The first-order chi connectivity index (χ1) is 19.4. The third kappa shape index (κ3) is 6.31. The highest BCUT2D eigenvalue weighted by atomic mass is 16.2. The van der Waals surface area contributed by atoms with E-state index in [1.165, 1.54) is 0 Å². The number of likely N-dealkylation sites (tertiary alicyclic amines) is 1. The van der Waals surface area contributed by atoms with Crippen LogP contribution >= 0.6 is 0 Å². The van der Waals surface area contributed by atoms with Crippen LogP contribution in [-0.4, -0.2) is 66.8 Å². The molecular weight excluding hydrogens is 516 g/mol. The smallest absolute Gasteiger partial charge is 0.291 e. The quantitative estimate of drug-likeness (QED) is 0.497. The second kappa shape index (κ2) is 11.2. The summed E-state index contributed by atoms with van der Waals surface area (Å²) in [5.74, 6) is 1.56. The van der Waals surface area contributed by atoms with Gasteiger partial charge < -0.3 is 15.1 Å². The van der Waals surface area contributed by atoms with Crippen LogP contribution in [0.4, 0.5) is 0 Å². The Bertz CT molecular complexity index is 1240. The van der Waals surface area contributed by atoms with Gasteiger partial charge in [-0.25, -0.2) is 4.99 Å². The Morgan fingerprint density at radius 1 is 1.10 bits per heavy atom. The van der Waals surface area contributed by atoms with Crippen LogP contribution in [0.5, 0.6) is 0 Å². The topological polar surface area (TPSA) is 119 Å². The van der Waals surface area contributed by atoms with Gasteiger partial charge in [0.1, 0.15) is 5.66 Å². The van der Waals surface area contributed by atoms with Crippen molar-refractivity contribution >= 4 is 17.6 Å². The molecule has 0 bridgehead atoms. The highest BCUT2D eigenvalue weighted by Gasteiger charge is 2.54. The van der Waals surface area contributed by atoms with Crippen LogP contribution in [0.2, 0.25) is 0 Å². The van der Waals surface area contributed by atoms with E-state index in [-0.39, 0.29) is 35.2 Å². The van der Waals surface area contributed by atoms with E-state index in [9.17, 15) is 9.59 Å². The van der Waals surface area contributed by atoms with Gasteiger partial charge in [0.2, 0.25) is 0 Å². The van der Waals surface area contributed by atoms with Crippen molar-refractivity contribution in [3.63, 3.8) is 0 Å². The van der Waals surface area contributed by atoms with Gasteiger partial charge in [0.25, 0.3) is 11.8 Å². The molecule has 222 valence electrons. The number of aromatic nitrogens is 4. The predicted octanol–water partition coefficient (Wildman–Crippen LogP) is 4.88. The second-order valence-electron chi connectivity index (χ2n) is 14.3. The number of nitrogens with zero attached hydrogens (tertiary/aromatic N) is 6. The largest absolute Gasteiger partial charge is 0.352 e. The Morgan fingerprint density at radius 2 is 1.78 bits per heavy atom. The molecule has 0 unspecified atom stereocenters. The van der Waals surface area contributed by atoms with Gasteiger partial charge in [0.05, 0.1) is 12.6 Å². The number of hydrogen-bond donors (Lipinski definition) is 2. The number of H-pyrrole nitrogens is 1. The number of nitrogens with one attached hydrogen (secondary N) is 2. The number of amidine groups is 1. The molecule has 2 fully saturated rings. The predicted molar refractivity (Wildman–Crippen MR) is 158 cm³/mol. The zero-order valence-electron chi connectivity index (χ0n) is 25.5. The summed E-state index contributed by atoms with van der Waals surface area (Å²) in [7, 11) is 0. The fourth-order valence-corrected chi connectivity index (χ4v) is 6.45. The summed E-state index contributed by atoms with van der Waals surface area (Å²) in [4.78, 5) is 36.7. The van der Waals surface area contributed by atoms with Crippen molar-refractivity contribution in [3.8, 4) is 0 Å². The Balaban J connectivity index is 1.43. The summed E-state index contributed by atoms with van der Waals surface area (Å²) in [6, 6.07) is 7.62. The molecule has 5 rings (SSSR count). The maximum absolute atomic E-state index is 14.3. The van der Waals surface area contributed by atoms with E-state index < -0.39 is 5.66 Å². The average molecular weight is 563 g/mol. The normalized spacial score (nSPS) is 23.9. The summed E-state index contributed by atoms with van der Waals surface area (Å²) >= 11 is 0. The minimum absolute atomic E-state index is 0.0692. The number of rotatable bonds is 7. The summed E-state index contributed by atoms with van der Waals surface area (Å²) in [5.41, 5.74) is 1.46. The standard InChI is InChI=1S/C31H46N8O2/c1-29(2,3)15-14-24(21-8-10-22(11-9-21)27(40)32-20-25-34-36-37-35-25)39-28(41)26(38-18-7-19-38)33-31(39)16-12-23(13-17-31)30(4,5)6/h8-11,23-24H,7,12-20H2,1-6H3,(H,32,40)(H,34,35,36,37)/t23?,24-,31?/m1/s1. The van der Waals surface area contributed by atoms with E-state index in [0.717, 1.165) is 63.6 Å². The molecule has 2 aliphatic heterocycles. The number of amides is 2. The molecule has 41 heavy (non-hydrogen) atoms. The van der Waals surface area contributed by atoms with E-state index >= 15 is 0 Å². The van der Waals surface area contributed by atoms with Crippen LogP contribution in [0.25, 0.3) is 0 Å². The van der Waals surface area contributed by atoms with Crippen molar-refractivity contribution in [3.05, 3.63) is 41.2 Å². The molecule has 2 amide bonds. The number of aliphatic imine (C=N–C) groups is 1. The van der Waals surface area contributed by atoms with Gasteiger partial charge in [-0.15, -0.1) is 10.2 Å². The minimum Gasteiger partial charge on any atom is -0.352 e. The van der Waals surface area contributed by atoms with Gasteiger partial charge in [-0.2, -0.15) is 5.21 Å². The monoisotopic (exact) mass is 562 g/mol. The number of hydrogen-bond acceptors (Lipinski definition) is 7. The highest BCUT2D eigenvalue weighted by molar-refractivity contribution is 6.39. The number of carbonyl (C=O) groups is 2. The average Bonchev–Trinajstić information content (AvgIpc) is 3.49. The molecule has 10 nitrogen and oxygen atoms in total. The van der Waals surface area contributed by atoms with Crippen LogP contribution in [0.3, 0.4) is 0 Å². The number of aromatic amines is 1. The molecule has 1 atom stereocenters. The number of carbonyl (C=O) groups excluding carboxylic acids is 2. The first-order valence-electron chi connectivity index (χ1n) is 15.2. The fourth-order valence-electron chi connectivity index (χ4n) is 6.45. The van der Waals surface area contributed by atoms with Crippen molar-refractivity contribution < 1.29 is 9.59 Å². The van der Waals surface area contributed by atoms with Crippen LogP contribution < -0.4 is 5.32 Å². The molecule has 0 radical (unpaired) electrons. The van der Waals surface area contributed by atoms with Crippen LogP contribution in [-0.2, 0) is 11.3 Å². The van der Waals surface area contributed by atoms with Crippen LogP contribution in [0, 0.1) is 16.7 Å². The Labute approximate surface area is 243 Å². The van der Waals surface area contributed by atoms with Gasteiger partial charge in [-0.3, -0.25) is 9.59 Å². The number of tetrazole rings is 1. The third-order valence-corrected chi connectivity index (χ3v) is 9.17. The molecule has 3 heterocycles. The molecule has 10 heteroatoms. The zero-order chi connectivity index (χ0) is 29.4. The SMILES string of the molecule is CC(C)(C)CC[C@H](c1ccc(C(=O)NCc2nn[nH]n2)cc1)N1C(=O)C(N2CCC2)=NC12CCC(C(C)(C)C)CC2. The van der Waals surface area contributed by atoms with Crippen molar-refractivity contribution in [2.45, 2.75) is 105 Å². The van der Waals surface area contributed by atoms with Gasteiger partial charge >= 0.3 is 0 Å². The van der Waals surface area contributed by atoms with E-state index in [1.54, 1.807) is 0 Å². The minimum atomic E-state index is -0.507. The first kappa shape index (κ1) is 29.2. The van der Waals surface area contributed by atoms with E-state index in [2.05, 4.69) is 77.3 Å². The summed E-state index contributed by atoms with van der Waals surface area (Å²) in [6.07, 6.45) is 6.82. The van der Waals surface area contributed by atoms with Crippen molar-refractivity contribution in [2.24, 2.45) is 21.7 Å². The number of benzene rings is 1. The van der Waals surface area contributed by atoms with Crippen molar-refractivity contribution in [1.82, 2.24) is 35.7 Å². The molecule has 1 aliphatic carbocycles. The molecule has 1 saturated heterocycles. The van der Waals surface area contributed by atoms with Crippen LogP contribution in [0.15, 0.2) is 29.3 Å². The Kier molecular flexibility index (Phi) is 7.96. The molecule has 3 aliphatic rings. The molecule has 1 spiro atoms. The lowest BCUT2D eigenvalue weighted by Crippen LogP contribution is -2.53. The van der Waals surface area contributed by atoms with E-state index in [1.807, 2.05) is 24.3 Å². The molecule has 2 N–H and O–H groups in total. The van der Waals surface area contributed by atoms with Crippen molar-refractivity contribution in [1.29, 1.82) is 0 Å². The lowest BCUT2D eigenvalue weighted by Gasteiger charge is -2.47. The molecule has 2 aromatic rings. The summed E-state index contributed by atoms with van der Waals surface area (Å²) in [6.45, 7) is 15.7. The lowest BCUT2D eigenvalue weighted by molar-refractivity contribution is -0.134. The third-order valence-electron chi connectivity index (χ3n) is 9.17. The lowest BCUT2D eigenvalue weighted by atomic mass is 9.69. The summed E-state index contributed by atoms with van der Waals surface area (Å²) < 4.78 is 0. The fraction of sp³-hybridized carbons (Fsp3) is 0.677. The van der Waals surface area contributed by atoms with E-state index in [0.29, 0.717) is 23.1 Å². The molecule has 1 aromatic heterocycles. The molecular formula is C31H46N8O2. The van der Waals surface area contributed by atoms with Crippen molar-refractivity contribution in [2.75, 3.05) is 13.1 Å². The van der Waals surface area contributed by atoms with Crippen LogP contribution in [0.1, 0.15) is 114 Å². The Morgan fingerprint density at radius 3 is 2.32 bits per heavy atom. The first-order valence-corrected chi connectivity index (χ1v) is 15.2. The highest BCUT2D eigenvalue weighted by Crippen LogP contribution is 2.50. The van der Waals surface area contributed by atoms with Gasteiger partial charge in [0.15, 0.2) is 11.7 Å².